The van der Waals surface area contributed by atoms with Gasteiger partial charge in [-0.25, -0.2) is 4.98 Å². The summed E-state index contributed by atoms with van der Waals surface area (Å²) in [4.78, 5) is 7.15. The highest BCUT2D eigenvalue weighted by molar-refractivity contribution is 5.78. The van der Waals surface area contributed by atoms with Gasteiger partial charge in [-0.05, 0) is 55.8 Å². The van der Waals surface area contributed by atoms with Crippen LogP contribution in [0.1, 0.15) is 18.7 Å². The van der Waals surface area contributed by atoms with Crippen molar-refractivity contribution >= 4 is 11.0 Å². The van der Waals surface area contributed by atoms with Crippen molar-refractivity contribution in [1.82, 2.24) is 14.5 Å². The van der Waals surface area contributed by atoms with E-state index in [2.05, 4.69) is 27.7 Å². The maximum absolute atomic E-state index is 9.96. The van der Waals surface area contributed by atoms with Crippen LogP contribution in [0, 0.1) is 0 Å². The standard InChI is InChI=1S/C20H23N3O2/c1-25-17-10-8-15(9-11-17)23-19-7-3-2-6-18(19)21-20(23)14-22-12-4-5-16(24)13-22/h2-3,6-11,16,24H,4-5,12-14H2,1H3. The van der Waals surface area contributed by atoms with Crippen LogP contribution in [0.3, 0.4) is 0 Å². The highest BCUT2D eigenvalue weighted by Crippen LogP contribution is 2.25. The maximum atomic E-state index is 9.96. The van der Waals surface area contributed by atoms with E-state index in [-0.39, 0.29) is 6.10 Å². The van der Waals surface area contributed by atoms with E-state index < -0.39 is 0 Å². The summed E-state index contributed by atoms with van der Waals surface area (Å²) in [5.41, 5.74) is 3.16. The first-order chi connectivity index (χ1) is 12.2. The van der Waals surface area contributed by atoms with Gasteiger partial charge >= 0.3 is 0 Å². The summed E-state index contributed by atoms with van der Waals surface area (Å²) in [5.74, 6) is 1.84. The average Bonchev–Trinajstić information content (AvgIpc) is 2.99. The molecule has 0 bridgehead atoms. The molecule has 5 heteroatoms. The van der Waals surface area contributed by atoms with E-state index in [1.165, 1.54) is 0 Å². The molecule has 1 aliphatic rings. The van der Waals surface area contributed by atoms with Crippen molar-refractivity contribution in [3.63, 3.8) is 0 Å². The average molecular weight is 337 g/mol. The number of hydrogen-bond donors (Lipinski definition) is 1. The van der Waals surface area contributed by atoms with Crippen molar-refractivity contribution in [2.24, 2.45) is 0 Å². The number of methoxy groups -OCH3 is 1. The van der Waals surface area contributed by atoms with Gasteiger partial charge in [-0.1, -0.05) is 12.1 Å². The number of aromatic nitrogens is 2. The van der Waals surface area contributed by atoms with E-state index in [1.807, 2.05) is 30.3 Å². The summed E-state index contributed by atoms with van der Waals surface area (Å²) < 4.78 is 7.48. The number of hydrogen-bond acceptors (Lipinski definition) is 4. The zero-order chi connectivity index (χ0) is 17.2. The van der Waals surface area contributed by atoms with Gasteiger partial charge in [0.15, 0.2) is 0 Å². The highest BCUT2D eigenvalue weighted by atomic mass is 16.5. The van der Waals surface area contributed by atoms with E-state index in [0.29, 0.717) is 6.54 Å². The van der Waals surface area contributed by atoms with E-state index in [0.717, 1.165) is 54.2 Å². The molecule has 1 aliphatic heterocycles. The smallest absolute Gasteiger partial charge is 0.128 e. The molecule has 1 fully saturated rings. The lowest BCUT2D eigenvalue weighted by molar-refractivity contribution is 0.0653. The van der Waals surface area contributed by atoms with Crippen LogP contribution in [-0.4, -0.2) is 45.9 Å². The van der Waals surface area contributed by atoms with Crippen LogP contribution in [0.15, 0.2) is 48.5 Å². The van der Waals surface area contributed by atoms with Gasteiger partial charge in [-0.15, -0.1) is 0 Å². The molecule has 1 saturated heterocycles. The summed E-state index contributed by atoms with van der Waals surface area (Å²) in [5, 5.41) is 9.96. The Morgan fingerprint density at radius 1 is 1.16 bits per heavy atom. The number of benzene rings is 2. The molecule has 4 rings (SSSR count). The minimum Gasteiger partial charge on any atom is -0.497 e. The monoisotopic (exact) mass is 337 g/mol. The Morgan fingerprint density at radius 3 is 2.72 bits per heavy atom. The largest absolute Gasteiger partial charge is 0.497 e. The van der Waals surface area contributed by atoms with Crippen LogP contribution in [0.5, 0.6) is 5.75 Å². The van der Waals surface area contributed by atoms with E-state index in [9.17, 15) is 5.11 Å². The fraction of sp³-hybridized carbons (Fsp3) is 0.350. The first-order valence-electron chi connectivity index (χ1n) is 8.76. The lowest BCUT2D eigenvalue weighted by atomic mass is 10.1. The Kier molecular flexibility index (Phi) is 4.42. The quantitative estimate of drug-likeness (QED) is 0.795. The fourth-order valence-corrected chi connectivity index (χ4v) is 3.58. The molecule has 1 atom stereocenters. The third-order valence-corrected chi connectivity index (χ3v) is 4.81. The molecule has 130 valence electrons. The van der Waals surface area contributed by atoms with Gasteiger partial charge in [0.25, 0.3) is 0 Å². The van der Waals surface area contributed by atoms with Gasteiger partial charge in [-0.2, -0.15) is 0 Å². The molecule has 1 aromatic heterocycles. The predicted molar refractivity (Wildman–Crippen MR) is 98.1 cm³/mol. The number of piperidine rings is 1. The second kappa shape index (κ2) is 6.86. The summed E-state index contributed by atoms with van der Waals surface area (Å²) in [6.45, 7) is 2.45. The van der Waals surface area contributed by atoms with Gasteiger partial charge in [0.1, 0.15) is 11.6 Å². The molecule has 5 nitrogen and oxygen atoms in total. The molecule has 0 amide bonds. The van der Waals surface area contributed by atoms with Crippen molar-refractivity contribution < 1.29 is 9.84 Å². The molecule has 0 saturated carbocycles. The van der Waals surface area contributed by atoms with Crippen molar-refractivity contribution in [2.75, 3.05) is 20.2 Å². The highest BCUT2D eigenvalue weighted by Gasteiger charge is 2.21. The van der Waals surface area contributed by atoms with E-state index in [1.54, 1.807) is 7.11 Å². The van der Waals surface area contributed by atoms with E-state index in [4.69, 9.17) is 9.72 Å². The second-order valence-electron chi connectivity index (χ2n) is 6.58. The minimum atomic E-state index is -0.229. The number of ether oxygens (including phenoxy) is 1. The SMILES string of the molecule is COc1ccc(-n2c(CN3CCCC(O)C3)nc3ccccc32)cc1. The Bertz CT molecular complexity index is 857. The summed E-state index contributed by atoms with van der Waals surface area (Å²) in [6.07, 6.45) is 1.70. The topological polar surface area (TPSA) is 50.5 Å². The first kappa shape index (κ1) is 16.1. The number of imidazole rings is 1. The van der Waals surface area contributed by atoms with Gasteiger partial charge in [0.2, 0.25) is 0 Å². The Hall–Kier alpha value is -2.37. The molecule has 0 aliphatic carbocycles. The molecule has 1 unspecified atom stereocenters. The molecular formula is C20H23N3O2. The van der Waals surface area contributed by atoms with Crippen LogP contribution >= 0.6 is 0 Å². The molecule has 0 radical (unpaired) electrons. The van der Waals surface area contributed by atoms with Gasteiger partial charge in [0, 0.05) is 12.2 Å². The summed E-state index contributed by atoms with van der Waals surface area (Å²) >= 11 is 0. The van der Waals surface area contributed by atoms with Crippen molar-refractivity contribution in [3.8, 4) is 11.4 Å². The number of aliphatic hydroxyl groups excluding tert-OH is 1. The molecule has 2 heterocycles. The van der Waals surface area contributed by atoms with Crippen LogP contribution in [0.25, 0.3) is 16.7 Å². The van der Waals surface area contributed by atoms with Crippen molar-refractivity contribution in [3.05, 3.63) is 54.4 Å². The summed E-state index contributed by atoms with van der Waals surface area (Å²) in [7, 11) is 1.68. The Morgan fingerprint density at radius 2 is 1.96 bits per heavy atom. The maximum Gasteiger partial charge on any atom is 0.128 e. The normalized spacial score (nSPS) is 18.6. The number of para-hydroxylation sites is 2. The number of likely N-dealkylation sites (tertiary alicyclic amines) is 1. The molecule has 2 aromatic carbocycles. The molecule has 1 N–H and O–H groups in total. The van der Waals surface area contributed by atoms with Crippen LogP contribution in [-0.2, 0) is 6.54 Å². The number of fused-ring (bicyclic) bond motifs is 1. The lowest BCUT2D eigenvalue weighted by Gasteiger charge is -2.29. The Labute approximate surface area is 147 Å². The zero-order valence-electron chi connectivity index (χ0n) is 14.4. The summed E-state index contributed by atoms with van der Waals surface area (Å²) in [6, 6.07) is 16.3. The predicted octanol–water partition coefficient (Wildman–Crippen LogP) is 2.99. The minimum absolute atomic E-state index is 0.229. The van der Waals surface area contributed by atoms with Gasteiger partial charge in [-0.3, -0.25) is 9.47 Å². The number of rotatable bonds is 4. The van der Waals surface area contributed by atoms with Crippen molar-refractivity contribution in [1.29, 1.82) is 0 Å². The third-order valence-electron chi connectivity index (χ3n) is 4.81. The molecule has 25 heavy (non-hydrogen) atoms. The van der Waals surface area contributed by atoms with Crippen LogP contribution < -0.4 is 4.74 Å². The molecule has 0 spiro atoms. The van der Waals surface area contributed by atoms with Gasteiger partial charge < -0.3 is 9.84 Å². The number of β-amino-alcohol motifs (C(OH)–C–C–N with tert-alkyl or cyclic N) is 1. The molecule has 3 aromatic rings. The number of nitrogens with zero attached hydrogens (tertiary/aromatic N) is 3. The van der Waals surface area contributed by atoms with Crippen LogP contribution in [0.4, 0.5) is 0 Å². The second-order valence-corrected chi connectivity index (χ2v) is 6.58. The fourth-order valence-electron chi connectivity index (χ4n) is 3.58. The lowest BCUT2D eigenvalue weighted by Crippen LogP contribution is -2.38. The van der Waals surface area contributed by atoms with Crippen LogP contribution in [0.2, 0.25) is 0 Å². The Balaban J connectivity index is 1.74. The number of aliphatic hydroxyl groups is 1. The first-order valence-corrected chi connectivity index (χ1v) is 8.76. The van der Waals surface area contributed by atoms with E-state index >= 15 is 0 Å². The van der Waals surface area contributed by atoms with Crippen molar-refractivity contribution in [2.45, 2.75) is 25.5 Å². The molecular weight excluding hydrogens is 314 g/mol. The zero-order valence-corrected chi connectivity index (χ0v) is 14.4. The third kappa shape index (κ3) is 3.25. The van der Waals surface area contributed by atoms with Gasteiger partial charge in [0.05, 0.1) is 30.8 Å².